The highest BCUT2D eigenvalue weighted by Gasteiger charge is 2.47. The lowest BCUT2D eigenvalue weighted by Crippen LogP contribution is -2.21. The smallest absolute Gasteiger partial charge is 0.281 e. The Morgan fingerprint density at radius 3 is 2.76 bits per heavy atom. The summed E-state index contributed by atoms with van der Waals surface area (Å²) in [4.78, 5) is 0. The molecule has 0 saturated heterocycles. The number of aliphatic hydroxyl groups excluding tert-OH is 1. The van der Waals surface area contributed by atoms with E-state index in [9.17, 15) is 22.7 Å². The maximum Gasteiger partial charge on any atom is 0.281 e. The van der Waals surface area contributed by atoms with Gasteiger partial charge in [-0.1, -0.05) is 12.1 Å². The molecule has 0 aliphatic heterocycles. The van der Waals surface area contributed by atoms with Crippen molar-refractivity contribution in [2.24, 2.45) is 0 Å². The van der Waals surface area contributed by atoms with Crippen LogP contribution in [0, 0.1) is 0 Å². The Morgan fingerprint density at radius 1 is 1.41 bits per heavy atom. The second kappa shape index (κ2) is 4.18. The normalized spacial score (nSPS) is 21.6. The maximum absolute atomic E-state index is 13.3. The van der Waals surface area contributed by atoms with Gasteiger partial charge >= 0.3 is 0 Å². The zero-order valence-corrected chi connectivity index (χ0v) is 8.67. The summed E-state index contributed by atoms with van der Waals surface area (Å²) in [5, 5.41) is 9.36. The van der Waals surface area contributed by atoms with E-state index in [-0.39, 0.29) is 16.9 Å². The van der Waals surface area contributed by atoms with Crippen LogP contribution in [0.2, 0.25) is 0 Å². The Hall–Kier alpha value is -1.30. The summed E-state index contributed by atoms with van der Waals surface area (Å²) >= 11 is 0. The quantitative estimate of drug-likeness (QED) is 0.835. The Morgan fingerprint density at radius 2 is 2.12 bits per heavy atom. The second-order valence-corrected chi connectivity index (χ2v) is 3.87. The van der Waals surface area contributed by atoms with Crippen molar-refractivity contribution in [1.82, 2.24) is 0 Å². The molecule has 6 heteroatoms. The molecule has 2 nitrogen and oxygen atoms in total. The number of hydrogen-bond acceptors (Lipinski definition) is 2. The number of rotatable bonds is 3. The van der Waals surface area contributed by atoms with Crippen molar-refractivity contribution in [2.75, 3.05) is 6.61 Å². The van der Waals surface area contributed by atoms with E-state index >= 15 is 0 Å². The van der Waals surface area contributed by atoms with E-state index in [0.29, 0.717) is 0 Å². The SMILES string of the molecule is OC1c2cccc(OCC(F)F)c2CC1(F)F. The van der Waals surface area contributed by atoms with Crippen LogP contribution in [0.1, 0.15) is 17.2 Å². The lowest BCUT2D eigenvalue weighted by Gasteiger charge is -2.12. The van der Waals surface area contributed by atoms with Gasteiger partial charge in [0.2, 0.25) is 0 Å². The van der Waals surface area contributed by atoms with Crippen LogP contribution in [-0.4, -0.2) is 24.1 Å². The van der Waals surface area contributed by atoms with Crippen molar-refractivity contribution in [2.45, 2.75) is 24.9 Å². The molecule has 1 unspecified atom stereocenters. The number of aliphatic hydroxyl groups is 1. The molecule has 0 fully saturated rings. The second-order valence-electron chi connectivity index (χ2n) is 3.87. The molecule has 0 radical (unpaired) electrons. The van der Waals surface area contributed by atoms with Crippen LogP contribution < -0.4 is 4.74 Å². The Kier molecular flexibility index (Phi) is 2.99. The zero-order chi connectivity index (χ0) is 12.6. The number of ether oxygens (including phenoxy) is 1. The summed E-state index contributed by atoms with van der Waals surface area (Å²) in [5.41, 5.74) is 0.146. The van der Waals surface area contributed by atoms with E-state index in [4.69, 9.17) is 4.74 Å². The third-order valence-electron chi connectivity index (χ3n) is 2.64. The van der Waals surface area contributed by atoms with E-state index in [1.165, 1.54) is 18.2 Å². The van der Waals surface area contributed by atoms with Gasteiger partial charge in [0, 0.05) is 12.0 Å². The van der Waals surface area contributed by atoms with Gasteiger partial charge in [-0.05, 0) is 11.6 Å². The molecular weight excluding hydrogens is 240 g/mol. The van der Waals surface area contributed by atoms with Gasteiger partial charge in [0.25, 0.3) is 12.3 Å². The molecular formula is C11H10F4O2. The summed E-state index contributed by atoms with van der Waals surface area (Å²) in [6.07, 6.45) is -5.26. The average molecular weight is 250 g/mol. The average Bonchev–Trinajstić information content (AvgIpc) is 2.48. The lowest BCUT2D eigenvalue weighted by molar-refractivity contribution is -0.0968. The minimum absolute atomic E-state index is 0.0148. The van der Waals surface area contributed by atoms with Crippen molar-refractivity contribution < 1.29 is 27.4 Å². The Balaban J connectivity index is 2.28. The molecule has 0 amide bonds. The molecule has 0 bridgehead atoms. The Bertz CT molecular complexity index is 420. The fraction of sp³-hybridized carbons (Fsp3) is 0.455. The fourth-order valence-corrected chi connectivity index (χ4v) is 1.88. The summed E-state index contributed by atoms with van der Waals surface area (Å²) in [6, 6.07) is 4.08. The van der Waals surface area contributed by atoms with Crippen LogP contribution in [0.25, 0.3) is 0 Å². The van der Waals surface area contributed by atoms with Crippen LogP contribution in [0.5, 0.6) is 5.75 Å². The van der Waals surface area contributed by atoms with Gasteiger partial charge in [0.15, 0.2) is 0 Å². The molecule has 94 valence electrons. The molecule has 1 atom stereocenters. The highest BCUT2D eigenvalue weighted by molar-refractivity contribution is 5.46. The standard InChI is InChI=1S/C11H10F4O2/c12-9(13)5-17-8-3-1-2-6-7(8)4-11(14,15)10(6)16/h1-3,9-10,16H,4-5H2. The van der Waals surface area contributed by atoms with E-state index in [1.807, 2.05) is 0 Å². The van der Waals surface area contributed by atoms with Crippen molar-refractivity contribution >= 4 is 0 Å². The maximum atomic E-state index is 13.3. The Labute approximate surface area is 94.8 Å². The van der Waals surface area contributed by atoms with Crippen molar-refractivity contribution in [1.29, 1.82) is 0 Å². The number of alkyl halides is 4. The third kappa shape index (κ3) is 2.22. The summed E-state index contributed by atoms with van der Waals surface area (Å²) in [6.45, 7) is -0.849. The van der Waals surface area contributed by atoms with Gasteiger partial charge in [-0.25, -0.2) is 17.6 Å². The minimum Gasteiger partial charge on any atom is -0.487 e. The van der Waals surface area contributed by atoms with Crippen molar-refractivity contribution in [3.05, 3.63) is 29.3 Å². The zero-order valence-electron chi connectivity index (χ0n) is 8.67. The predicted molar refractivity (Wildman–Crippen MR) is 51.6 cm³/mol. The molecule has 1 aliphatic rings. The monoisotopic (exact) mass is 250 g/mol. The fourth-order valence-electron chi connectivity index (χ4n) is 1.88. The number of benzene rings is 1. The molecule has 0 saturated carbocycles. The number of fused-ring (bicyclic) bond motifs is 1. The van der Waals surface area contributed by atoms with Crippen LogP contribution in [0.4, 0.5) is 17.6 Å². The van der Waals surface area contributed by atoms with Crippen LogP contribution in [0.3, 0.4) is 0 Å². The third-order valence-corrected chi connectivity index (χ3v) is 2.64. The lowest BCUT2D eigenvalue weighted by atomic mass is 10.1. The molecule has 1 aromatic carbocycles. The largest absolute Gasteiger partial charge is 0.487 e. The molecule has 1 N–H and O–H groups in total. The molecule has 0 spiro atoms. The first-order valence-electron chi connectivity index (χ1n) is 5.00. The number of halogens is 4. The first-order valence-corrected chi connectivity index (χ1v) is 5.00. The van der Waals surface area contributed by atoms with Crippen molar-refractivity contribution in [3.63, 3.8) is 0 Å². The molecule has 2 rings (SSSR count). The van der Waals surface area contributed by atoms with E-state index < -0.39 is 31.5 Å². The van der Waals surface area contributed by atoms with E-state index in [2.05, 4.69) is 0 Å². The predicted octanol–water partition coefficient (Wildman–Crippen LogP) is 2.56. The summed E-state index contributed by atoms with van der Waals surface area (Å²) < 4.78 is 55.2. The molecule has 1 aliphatic carbocycles. The van der Waals surface area contributed by atoms with Crippen molar-refractivity contribution in [3.8, 4) is 5.75 Å². The van der Waals surface area contributed by atoms with Gasteiger partial charge in [-0.2, -0.15) is 0 Å². The van der Waals surface area contributed by atoms with Gasteiger partial charge in [-0.3, -0.25) is 0 Å². The summed E-state index contributed by atoms with van der Waals surface area (Å²) in [7, 11) is 0. The first-order chi connectivity index (χ1) is 7.92. The first kappa shape index (κ1) is 12.2. The molecule has 0 aromatic heterocycles. The topological polar surface area (TPSA) is 29.5 Å². The minimum atomic E-state index is -3.27. The van der Waals surface area contributed by atoms with Crippen LogP contribution in [-0.2, 0) is 6.42 Å². The van der Waals surface area contributed by atoms with Gasteiger partial charge in [-0.15, -0.1) is 0 Å². The molecule has 1 aromatic rings. The highest BCUT2D eigenvalue weighted by atomic mass is 19.3. The molecule has 17 heavy (non-hydrogen) atoms. The van der Waals surface area contributed by atoms with Gasteiger partial charge < -0.3 is 9.84 Å². The highest BCUT2D eigenvalue weighted by Crippen LogP contribution is 2.46. The van der Waals surface area contributed by atoms with E-state index in [0.717, 1.165) is 0 Å². The van der Waals surface area contributed by atoms with Crippen LogP contribution >= 0.6 is 0 Å². The van der Waals surface area contributed by atoms with Gasteiger partial charge in [0.1, 0.15) is 18.5 Å². The summed E-state index contributed by atoms with van der Waals surface area (Å²) in [5.74, 6) is -3.29. The molecule has 0 heterocycles. The van der Waals surface area contributed by atoms with Crippen LogP contribution in [0.15, 0.2) is 18.2 Å². The number of hydrogen-bond donors (Lipinski definition) is 1. The van der Waals surface area contributed by atoms with Gasteiger partial charge in [0.05, 0.1) is 0 Å². The van der Waals surface area contributed by atoms with E-state index in [1.54, 1.807) is 0 Å².